The van der Waals surface area contributed by atoms with Crippen LogP contribution < -0.4 is 10.7 Å². The molecule has 0 radical (unpaired) electrons. The van der Waals surface area contributed by atoms with Crippen molar-refractivity contribution in [3.63, 3.8) is 0 Å². The first-order chi connectivity index (χ1) is 14.9. The normalized spacial score (nSPS) is 19.3. The molecule has 5 nitrogen and oxygen atoms in total. The number of hydrogen-bond donors (Lipinski definition) is 2. The number of aryl methyl sites for hydroxylation is 1. The summed E-state index contributed by atoms with van der Waals surface area (Å²) in [6, 6.07) is 17.2. The third-order valence-corrected chi connectivity index (χ3v) is 5.11. The van der Waals surface area contributed by atoms with Crippen molar-refractivity contribution in [3.05, 3.63) is 107 Å². The lowest BCUT2D eigenvalue weighted by atomic mass is 9.98. The molecule has 4 rings (SSSR count). The van der Waals surface area contributed by atoms with Crippen molar-refractivity contribution in [2.24, 2.45) is 0 Å². The minimum Gasteiger partial charge on any atom is -0.334 e. The van der Waals surface area contributed by atoms with E-state index in [0.717, 1.165) is 11.1 Å². The standard InChI is InChI=1S/C24H19F2N3O2/c1-15-2-6-17(7-3-15)22-21(27-23(30)18-8-12-20(26)13-9-18)24(31)28-29(22)14-16-4-10-19(25)11-5-16/h2-14,21-22H,1H3,(H-,27,28,30,31)/p+1. The van der Waals surface area contributed by atoms with Gasteiger partial charge in [-0.3, -0.25) is 9.59 Å². The van der Waals surface area contributed by atoms with Gasteiger partial charge >= 0.3 is 5.91 Å². The second kappa shape index (κ2) is 8.47. The van der Waals surface area contributed by atoms with Crippen LogP contribution in [0.25, 0.3) is 0 Å². The quantitative estimate of drug-likeness (QED) is 0.637. The molecule has 0 aliphatic carbocycles. The lowest BCUT2D eigenvalue weighted by Gasteiger charge is -2.15. The molecule has 2 unspecified atom stereocenters. The van der Waals surface area contributed by atoms with E-state index in [2.05, 4.69) is 10.7 Å². The van der Waals surface area contributed by atoms with Crippen LogP contribution in [0.2, 0.25) is 0 Å². The van der Waals surface area contributed by atoms with Gasteiger partial charge in [0.15, 0.2) is 6.04 Å². The van der Waals surface area contributed by atoms with Gasteiger partial charge in [-0.1, -0.05) is 29.8 Å². The molecule has 0 aromatic heterocycles. The van der Waals surface area contributed by atoms with Crippen molar-refractivity contribution in [3.8, 4) is 0 Å². The van der Waals surface area contributed by atoms with Crippen LogP contribution in [0.15, 0.2) is 72.8 Å². The zero-order chi connectivity index (χ0) is 22.0. The molecule has 7 heteroatoms. The Kier molecular flexibility index (Phi) is 5.58. The predicted molar refractivity (Wildman–Crippen MR) is 112 cm³/mol. The Morgan fingerprint density at radius 1 is 0.935 bits per heavy atom. The SMILES string of the molecule is Cc1ccc(C2C(NC(=O)c3ccc(F)cc3)C(=O)N[N+]2=Cc2ccc(F)cc2)cc1. The van der Waals surface area contributed by atoms with Crippen LogP contribution in [0, 0.1) is 18.6 Å². The van der Waals surface area contributed by atoms with Gasteiger partial charge in [0.25, 0.3) is 5.91 Å². The third kappa shape index (κ3) is 4.50. The summed E-state index contributed by atoms with van der Waals surface area (Å²) in [5.74, 6) is -1.69. The number of rotatable bonds is 4. The van der Waals surface area contributed by atoms with E-state index < -0.39 is 23.8 Å². The fourth-order valence-corrected chi connectivity index (χ4v) is 3.48. The van der Waals surface area contributed by atoms with Gasteiger partial charge in [-0.05, 0) is 55.5 Å². The monoisotopic (exact) mass is 420 g/mol. The minimum absolute atomic E-state index is 0.248. The molecular formula is C24H20F2N3O2+. The van der Waals surface area contributed by atoms with Crippen LogP contribution in [0.1, 0.15) is 33.1 Å². The van der Waals surface area contributed by atoms with E-state index in [1.165, 1.54) is 36.4 Å². The van der Waals surface area contributed by atoms with E-state index in [1.54, 1.807) is 23.0 Å². The highest BCUT2D eigenvalue weighted by molar-refractivity contribution is 5.98. The smallest absolute Gasteiger partial charge is 0.304 e. The molecule has 156 valence electrons. The van der Waals surface area contributed by atoms with Gasteiger partial charge in [0.1, 0.15) is 11.6 Å². The van der Waals surface area contributed by atoms with Crippen molar-refractivity contribution >= 4 is 18.0 Å². The topological polar surface area (TPSA) is 61.2 Å². The molecular weight excluding hydrogens is 400 g/mol. The van der Waals surface area contributed by atoms with Crippen LogP contribution in [0.5, 0.6) is 0 Å². The number of amides is 2. The average Bonchev–Trinajstić information content (AvgIpc) is 3.05. The van der Waals surface area contributed by atoms with E-state index >= 15 is 0 Å². The molecule has 0 bridgehead atoms. The molecule has 1 heterocycles. The van der Waals surface area contributed by atoms with Crippen LogP contribution in [0.3, 0.4) is 0 Å². The van der Waals surface area contributed by atoms with Crippen molar-refractivity contribution in [2.45, 2.75) is 19.0 Å². The highest BCUT2D eigenvalue weighted by atomic mass is 19.1. The first-order valence-corrected chi connectivity index (χ1v) is 9.73. The molecule has 2 atom stereocenters. The molecule has 0 spiro atoms. The molecule has 3 aromatic carbocycles. The Labute approximate surface area is 178 Å². The van der Waals surface area contributed by atoms with Gasteiger partial charge < -0.3 is 5.32 Å². The molecule has 31 heavy (non-hydrogen) atoms. The number of hydrazone groups is 1. The van der Waals surface area contributed by atoms with Gasteiger partial charge in [0.2, 0.25) is 12.3 Å². The summed E-state index contributed by atoms with van der Waals surface area (Å²) in [4.78, 5) is 25.5. The van der Waals surface area contributed by atoms with Crippen LogP contribution in [0.4, 0.5) is 8.78 Å². The number of nitrogens with one attached hydrogen (secondary N) is 2. The van der Waals surface area contributed by atoms with Crippen molar-refractivity contribution < 1.29 is 23.1 Å². The van der Waals surface area contributed by atoms with E-state index in [1.807, 2.05) is 31.2 Å². The fraction of sp³-hybridized carbons (Fsp3) is 0.125. The second-order valence-electron chi connectivity index (χ2n) is 7.38. The first-order valence-electron chi connectivity index (χ1n) is 9.73. The number of hydrogen-bond acceptors (Lipinski definition) is 2. The summed E-state index contributed by atoms with van der Waals surface area (Å²) in [5.41, 5.74) is 5.57. The molecule has 1 aliphatic rings. The minimum atomic E-state index is -0.892. The summed E-state index contributed by atoms with van der Waals surface area (Å²) in [6.07, 6.45) is 1.69. The number of halogens is 2. The van der Waals surface area contributed by atoms with Gasteiger partial charge in [0.05, 0.1) is 0 Å². The molecule has 1 aliphatic heterocycles. The zero-order valence-corrected chi connectivity index (χ0v) is 16.7. The lowest BCUT2D eigenvalue weighted by molar-refractivity contribution is -0.596. The van der Waals surface area contributed by atoms with Gasteiger partial charge in [-0.2, -0.15) is 0 Å². The molecule has 2 amide bonds. The highest BCUT2D eigenvalue weighted by Gasteiger charge is 2.47. The molecule has 0 saturated carbocycles. The number of carbonyl (C=O) groups excluding carboxylic acids is 2. The van der Waals surface area contributed by atoms with E-state index in [9.17, 15) is 18.4 Å². The summed E-state index contributed by atoms with van der Waals surface area (Å²) in [5, 5.41) is 2.76. The molecule has 2 N–H and O–H groups in total. The Morgan fingerprint density at radius 2 is 1.52 bits per heavy atom. The zero-order valence-electron chi connectivity index (χ0n) is 16.7. The van der Waals surface area contributed by atoms with Gasteiger partial charge in [-0.15, -0.1) is 10.1 Å². The number of benzene rings is 3. The van der Waals surface area contributed by atoms with Crippen molar-refractivity contribution in [1.82, 2.24) is 10.7 Å². The van der Waals surface area contributed by atoms with Crippen LogP contribution >= 0.6 is 0 Å². The average molecular weight is 420 g/mol. The van der Waals surface area contributed by atoms with Crippen molar-refractivity contribution in [2.75, 3.05) is 0 Å². The lowest BCUT2D eigenvalue weighted by Crippen LogP contribution is -2.42. The highest BCUT2D eigenvalue weighted by Crippen LogP contribution is 2.26. The third-order valence-electron chi connectivity index (χ3n) is 5.11. The molecule has 3 aromatic rings. The van der Waals surface area contributed by atoms with Crippen molar-refractivity contribution in [1.29, 1.82) is 0 Å². The van der Waals surface area contributed by atoms with E-state index in [0.29, 0.717) is 5.56 Å². The van der Waals surface area contributed by atoms with E-state index in [-0.39, 0.29) is 17.3 Å². The Balaban J connectivity index is 1.69. The van der Waals surface area contributed by atoms with Gasteiger partial charge in [0, 0.05) is 16.7 Å². The second-order valence-corrected chi connectivity index (χ2v) is 7.38. The van der Waals surface area contributed by atoms with Crippen LogP contribution in [-0.4, -0.2) is 28.8 Å². The fourth-order valence-electron chi connectivity index (χ4n) is 3.48. The largest absolute Gasteiger partial charge is 0.334 e. The summed E-state index contributed by atoms with van der Waals surface area (Å²) in [6.45, 7) is 1.96. The summed E-state index contributed by atoms with van der Waals surface area (Å²) < 4.78 is 28.1. The maximum Gasteiger partial charge on any atom is 0.304 e. The van der Waals surface area contributed by atoms with E-state index in [4.69, 9.17) is 0 Å². The van der Waals surface area contributed by atoms with Crippen LogP contribution in [-0.2, 0) is 4.79 Å². The first kappa shape index (κ1) is 20.4. The maximum absolute atomic E-state index is 13.3. The summed E-state index contributed by atoms with van der Waals surface area (Å²) in [7, 11) is 0. The Morgan fingerprint density at radius 3 is 2.13 bits per heavy atom. The Hall–Kier alpha value is -3.87. The molecule has 1 fully saturated rings. The predicted octanol–water partition coefficient (Wildman–Crippen LogP) is 3.29. The van der Waals surface area contributed by atoms with Gasteiger partial charge in [-0.25, -0.2) is 8.78 Å². The Bertz CT molecular complexity index is 1140. The summed E-state index contributed by atoms with van der Waals surface area (Å²) >= 11 is 0. The molecule has 1 saturated heterocycles. The number of carbonyl (C=O) groups is 2. The number of nitrogens with zero attached hydrogens (tertiary/aromatic N) is 1. The maximum atomic E-state index is 13.3. The number of hydrazine groups is 1.